The second kappa shape index (κ2) is 5.56. The summed E-state index contributed by atoms with van der Waals surface area (Å²) >= 11 is 4.76. The Hall–Kier alpha value is -1.29. The number of hydrogen-bond donors (Lipinski definition) is 2. The molecule has 0 aliphatic carbocycles. The van der Waals surface area contributed by atoms with Crippen LogP contribution in [0.4, 0.5) is 11.4 Å². The molecule has 15 heavy (non-hydrogen) atoms. The van der Waals surface area contributed by atoms with E-state index in [2.05, 4.69) is 36.2 Å². The van der Waals surface area contributed by atoms with Gasteiger partial charge in [0.25, 0.3) is 0 Å². The van der Waals surface area contributed by atoms with Gasteiger partial charge >= 0.3 is 0 Å². The molecule has 4 heteroatoms. The van der Waals surface area contributed by atoms with Crippen LogP contribution < -0.4 is 16.0 Å². The normalized spacial score (nSPS) is 9.73. The van der Waals surface area contributed by atoms with Crippen molar-refractivity contribution in [2.24, 2.45) is 5.73 Å². The summed E-state index contributed by atoms with van der Waals surface area (Å²) in [5.41, 5.74) is 7.53. The van der Waals surface area contributed by atoms with Gasteiger partial charge in [0.15, 0.2) is 5.11 Å². The molecule has 0 saturated carbocycles. The van der Waals surface area contributed by atoms with Crippen LogP contribution >= 0.6 is 12.2 Å². The fourth-order valence-electron chi connectivity index (χ4n) is 1.49. The molecule has 3 N–H and O–H groups in total. The maximum atomic E-state index is 5.38. The van der Waals surface area contributed by atoms with E-state index in [1.54, 1.807) is 0 Å². The zero-order valence-electron chi connectivity index (χ0n) is 9.16. The molecule has 3 nitrogen and oxygen atoms in total. The quantitative estimate of drug-likeness (QED) is 0.768. The predicted octanol–water partition coefficient (Wildman–Crippen LogP) is 2.19. The van der Waals surface area contributed by atoms with Gasteiger partial charge in [-0.15, -0.1) is 0 Å². The van der Waals surface area contributed by atoms with E-state index in [4.69, 9.17) is 18.0 Å². The van der Waals surface area contributed by atoms with Crippen LogP contribution in [0.25, 0.3) is 0 Å². The Morgan fingerprint density at radius 1 is 1.27 bits per heavy atom. The van der Waals surface area contributed by atoms with Gasteiger partial charge < -0.3 is 16.0 Å². The third kappa shape index (κ3) is 3.40. The van der Waals surface area contributed by atoms with Gasteiger partial charge in [0.1, 0.15) is 0 Å². The standard InChI is InChI=1S/C11H17N3S/c1-3-14(4-2)10-7-5-9(6-8-10)13-11(12)15/h5-8H,3-4H2,1-2H3,(H3,12,13,15). The first kappa shape index (κ1) is 11.8. The lowest BCUT2D eigenvalue weighted by molar-refractivity contribution is 0.866. The molecule has 0 atom stereocenters. The van der Waals surface area contributed by atoms with Crippen LogP contribution in [0.2, 0.25) is 0 Å². The summed E-state index contributed by atoms with van der Waals surface area (Å²) in [4.78, 5) is 2.28. The molecule has 1 rings (SSSR count). The Morgan fingerprint density at radius 3 is 2.20 bits per heavy atom. The van der Waals surface area contributed by atoms with Crippen LogP contribution in [0, 0.1) is 0 Å². The van der Waals surface area contributed by atoms with Crippen LogP contribution in [0.3, 0.4) is 0 Å². The minimum Gasteiger partial charge on any atom is -0.376 e. The largest absolute Gasteiger partial charge is 0.376 e. The van der Waals surface area contributed by atoms with E-state index in [0.29, 0.717) is 5.11 Å². The summed E-state index contributed by atoms with van der Waals surface area (Å²) in [6, 6.07) is 8.08. The molecule has 0 heterocycles. The Bertz CT molecular complexity index is 317. The monoisotopic (exact) mass is 223 g/mol. The summed E-state index contributed by atoms with van der Waals surface area (Å²) in [6.07, 6.45) is 0. The lowest BCUT2D eigenvalue weighted by atomic mass is 10.2. The van der Waals surface area contributed by atoms with Gasteiger partial charge in [0.2, 0.25) is 0 Å². The number of hydrogen-bond acceptors (Lipinski definition) is 2. The topological polar surface area (TPSA) is 41.3 Å². The van der Waals surface area contributed by atoms with Crippen molar-refractivity contribution < 1.29 is 0 Å². The first-order chi connectivity index (χ1) is 7.17. The zero-order valence-corrected chi connectivity index (χ0v) is 9.97. The summed E-state index contributed by atoms with van der Waals surface area (Å²) < 4.78 is 0. The van der Waals surface area contributed by atoms with Gasteiger partial charge in [-0.25, -0.2) is 0 Å². The Kier molecular flexibility index (Phi) is 4.37. The average molecular weight is 223 g/mol. The van der Waals surface area contributed by atoms with Gasteiger partial charge in [-0.05, 0) is 50.3 Å². The van der Waals surface area contributed by atoms with Crippen molar-refractivity contribution in [2.45, 2.75) is 13.8 Å². The third-order valence-electron chi connectivity index (χ3n) is 2.26. The summed E-state index contributed by atoms with van der Waals surface area (Å²) in [6.45, 7) is 6.31. The minimum absolute atomic E-state index is 0.297. The molecule has 0 aliphatic heterocycles. The van der Waals surface area contributed by atoms with Crippen molar-refractivity contribution in [3.05, 3.63) is 24.3 Å². The maximum absolute atomic E-state index is 5.38. The Labute approximate surface area is 96.3 Å². The highest BCUT2D eigenvalue weighted by atomic mass is 32.1. The van der Waals surface area contributed by atoms with Gasteiger partial charge in [0, 0.05) is 24.5 Å². The van der Waals surface area contributed by atoms with E-state index in [9.17, 15) is 0 Å². The van der Waals surface area contributed by atoms with Gasteiger partial charge in [-0.2, -0.15) is 0 Å². The van der Waals surface area contributed by atoms with Crippen LogP contribution in [-0.4, -0.2) is 18.2 Å². The molecule has 0 unspecified atom stereocenters. The minimum atomic E-state index is 0.297. The van der Waals surface area contributed by atoms with Gasteiger partial charge in [-0.3, -0.25) is 0 Å². The molecule has 1 aromatic rings. The van der Waals surface area contributed by atoms with Crippen molar-refractivity contribution in [2.75, 3.05) is 23.3 Å². The van der Waals surface area contributed by atoms with Crippen LogP contribution in [0.1, 0.15) is 13.8 Å². The number of nitrogens with two attached hydrogens (primary N) is 1. The molecule has 0 spiro atoms. The smallest absolute Gasteiger partial charge is 0.168 e. The molecular weight excluding hydrogens is 206 g/mol. The SMILES string of the molecule is CCN(CC)c1ccc(NC(N)=S)cc1. The molecule has 0 aliphatic rings. The predicted molar refractivity (Wildman–Crippen MR) is 70.4 cm³/mol. The van der Waals surface area contributed by atoms with Crippen molar-refractivity contribution in [3.63, 3.8) is 0 Å². The van der Waals surface area contributed by atoms with Gasteiger partial charge in [0.05, 0.1) is 0 Å². The Morgan fingerprint density at radius 2 is 1.80 bits per heavy atom. The molecule has 0 saturated heterocycles. The molecule has 0 radical (unpaired) electrons. The number of thiocarbonyl (C=S) groups is 1. The highest BCUT2D eigenvalue weighted by molar-refractivity contribution is 7.80. The Balaban J connectivity index is 2.75. The van der Waals surface area contributed by atoms with Crippen molar-refractivity contribution in [3.8, 4) is 0 Å². The van der Waals surface area contributed by atoms with Crippen molar-refractivity contribution in [1.29, 1.82) is 0 Å². The summed E-state index contributed by atoms with van der Waals surface area (Å²) in [7, 11) is 0. The molecule has 0 aromatic heterocycles. The first-order valence-electron chi connectivity index (χ1n) is 5.08. The van der Waals surface area contributed by atoms with E-state index in [0.717, 1.165) is 18.8 Å². The molecular formula is C11H17N3S. The fraction of sp³-hybridized carbons (Fsp3) is 0.364. The molecule has 0 amide bonds. The molecule has 0 fully saturated rings. The molecule has 82 valence electrons. The van der Waals surface area contributed by atoms with Crippen molar-refractivity contribution in [1.82, 2.24) is 0 Å². The summed E-state index contributed by atoms with van der Waals surface area (Å²) in [5.74, 6) is 0. The second-order valence-electron chi connectivity index (χ2n) is 3.21. The molecule has 1 aromatic carbocycles. The van der Waals surface area contributed by atoms with Crippen LogP contribution in [0.15, 0.2) is 24.3 Å². The van der Waals surface area contributed by atoms with Gasteiger partial charge in [-0.1, -0.05) is 0 Å². The van der Waals surface area contributed by atoms with E-state index >= 15 is 0 Å². The highest BCUT2D eigenvalue weighted by Gasteiger charge is 2.00. The number of benzene rings is 1. The van der Waals surface area contributed by atoms with E-state index in [1.807, 2.05) is 12.1 Å². The second-order valence-corrected chi connectivity index (χ2v) is 3.65. The van der Waals surface area contributed by atoms with Crippen LogP contribution in [0.5, 0.6) is 0 Å². The third-order valence-corrected chi connectivity index (χ3v) is 2.37. The average Bonchev–Trinajstić information content (AvgIpc) is 2.21. The maximum Gasteiger partial charge on any atom is 0.168 e. The summed E-state index contributed by atoms with van der Waals surface area (Å²) in [5, 5.41) is 3.19. The zero-order chi connectivity index (χ0) is 11.3. The number of rotatable bonds is 4. The van der Waals surface area contributed by atoms with Crippen molar-refractivity contribution >= 4 is 28.7 Å². The first-order valence-corrected chi connectivity index (χ1v) is 5.49. The van der Waals surface area contributed by atoms with Crippen LogP contribution in [-0.2, 0) is 0 Å². The number of anilines is 2. The number of nitrogens with one attached hydrogen (secondary N) is 1. The molecule has 0 bridgehead atoms. The highest BCUT2D eigenvalue weighted by Crippen LogP contribution is 2.17. The van der Waals surface area contributed by atoms with E-state index in [-0.39, 0.29) is 0 Å². The number of nitrogens with zero attached hydrogens (tertiary/aromatic N) is 1. The van der Waals surface area contributed by atoms with E-state index in [1.165, 1.54) is 5.69 Å². The van der Waals surface area contributed by atoms with E-state index < -0.39 is 0 Å². The fourth-order valence-corrected chi connectivity index (χ4v) is 1.60. The lowest BCUT2D eigenvalue weighted by Crippen LogP contribution is -2.22. The lowest BCUT2D eigenvalue weighted by Gasteiger charge is -2.21.